The Balaban J connectivity index is 1.54. The van der Waals surface area contributed by atoms with Gasteiger partial charge in [0, 0.05) is 23.3 Å². The maximum atomic E-state index is 12.9. The van der Waals surface area contributed by atoms with E-state index in [9.17, 15) is 40.5 Å². The SMILES string of the molecule is O=c1c2c(oc3cc(O)cc(O)c13)-c1ccc(O[C@@H]3O[C@H](CO)[C@@H](O)[C@H](O)[C@H]3O)c(O)c1CO2. The van der Waals surface area contributed by atoms with Crippen LogP contribution < -0.4 is 14.9 Å². The summed E-state index contributed by atoms with van der Waals surface area (Å²) in [4.78, 5) is 12.9. The van der Waals surface area contributed by atoms with E-state index in [2.05, 4.69) is 0 Å². The van der Waals surface area contributed by atoms with Crippen molar-refractivity contribution >= 4 is 11.0 Å². The van der Waals surface area contributed by atoms with Gasteiger partial charge in [0.25, 0.3) is 0 Å². The number of hydrogen-bond donors (Lipinski definition) is 7. The number of ether oxygens (including phenoxy) is 3. The fourth-order valence-electron chi connectivity index (χ4n) is 4.08. The predicted octanol–water partition coefficient (Wildman–Crippen LogP) is -0.352. The molecule has 12 nitrogen and oxygen atoms in total. The largest absolute Gasteiger partial charge is 0.508 e. The summed E-state index contributed by atoms with van der Waals surface area (Å²) in [7, 11) is 0. The van der Waals surface area contributed by atoms with E-state index in [4.69, 9.17) is 18.6 Å². The molecule has 12 heteroatoms. The van der Waals surface area contributed by atoms with E-state index in [0.29, 0.717) is 0 Å². The summed E-state index contributed by atoms with van der Waals surface area (Å²) in [6.07, 6.45) is -7.65. The highest BCUT2D eigenvalue weighted by Gasteiger charge is 2.45. The monoisotopic (exact) mass is 476 g/mol. The molecule has 34 heavy (non-hydrogen) atoms. The molecule has 0 amide bonds. The van der Waals surface area contributed by atoms with Crippen LogP contribution in [0.5, 0.6) is 28.7 Å². The number of phenols is 3. The zero-order valence-corrected chi connectivity index (χ0v) is 17.3. The van der Waals surface area contributed by atoms with Gasteiger partial charge in [-0.2, -0.15) is 0 Å². The zero-order chi connectivity index (χ0) is 24.3. The lowest BCUT2D eigenvalue weighted by atomic mass is 9.98. The predicted molar refractivity (Wildman–Crippen MR) is 112 cm³/mol. The van der Waals surface area contributed by atoms with Crippen molar-refractivity contribution in [1.29, 1.82) is 0 Å². The Morgan fingerprint density at radius 2 is 1.79 bits per heavy atom. The third kappa shape index (κ3) is 3.31. The first-order chi connectivity index (χ1) is 16.2. The molecule has 1 saturated heterocycles. The molecule has 3 aromatic rings. The Morgan fingerprint density at radius 3 is 2.53 bits per heavy atom. The highest BCUT2D eigenvalue weighted by Crippen LogP contribution is 2.45. The van der Waals surface area contributed by atoms with Crippen LogP contribution >= 0.6 is 0 Å². The average Bonchev–Trinajstić information content (AvgIpc) is 2.80. The third-order valence-corrected chi connectivity index (χ3v) is 5.86. The number of fused-ring (bicyclic) bond motifs is 4. The van der Waals surface area contributed by atoms with Crippen LogP contribution in [0.25, 0.3) is 22.3 Å². The van der Waals surface area contributed by atoms with E-state index in [1.807, 2.05) is 0 Å². The standard InChI is InChI=1S/C22H20O12/c23-5-13-16(27)18(29)19(30)22(34-13)33-11-2-1-8-9(15(11)26)6-31-21-17(28)14-10(25)3-7(24)4-12(14)32-20(8)21/h1-4,13,16,18-19,22-27,29-30H,5-6H2/t13-,16-,18+,19-,22-/m1/s1. The fraction of sp³-hybridized carbons (Fsp3) is 0.318. The second-order valence-corrected chi connectivity index (χ2v) is 7.97. The molecule has 0 aliphatic carbocycles. The van der Waals surface area contributed by atoms with Gasteiger partial charge in [-0.3, -0.25) is 4.79 Å². The van der Waals surface area contributed by atoms with E-state index in [1.54, 1.807) is 0 Å². The fourth-order valence-corrected chi connectivity index (χ4v) is 4.08. The quantitative estimate of drug-likeness (QED) is 0.260. The first-order valence-electron chi connectivity index (χ1n) is 10.2. The number of aromatic hydroxyl groups is 3. The lowest BCUT2D eigenvalue weighted by molar-refractivity contribution is -0.277. The molecule has 7 N–H and O–H groups in total. The van der Waals surface area contributed by atoms with Gasteiger partial charge >= 0.3 is 0 Å². The van der Waals surface area contributed by atoms with Crippen LogP contribution in [0.4, 0.5) is 0 Å². The zero-order valence-electron chi connectivity index (χ0n) is 17.3. The molecule has 5 rings (SSSR count). The molecule has 180 valence electrons. The van der Waals surface area contributed by atoms with Crippen LogP contribution in [0, 0.1) is 0 Å². The van der Waals surface area contributed by atoms with Gasteiger partial charge in [0.2, 0.25) is 17.5 Å². The lowest BCUT2D eigenvalue weighted by Crippen LogP contribution is -2.60. The lowest BCUT2D eigenvalue weighted by Gasteiger charge is -2.39. The smallest absolute Gasteiger partial charge is 0.239 e. The van der Waals surface area contributed by atoms with Crippen LogP contribution in [-0.4, -0.2) is 73.1 Å². The van der Waals surface area contributed by atoms with Crippen molar-refractivity contribution in [2.75, 3.05) is 6.61 Å². The van der Waals surface area contributed by atoms with Crippen molar-refractivity contribution in [3.05, 3.63) is 40.1 Å². The molecule has 5 atom stereocenters. The molecule has 1 aromatic heterocycles. The second kappa shape index (κ2) is 8.04. The minimum atomic E-state index is -1.69. The number of benzene rings is 2. The van der Waals surface area contributed by atoms with Crippen molar-refractivity contribution in [2.45, 2.75) is 37.3 Å². The molecular formula is C22H20O12. The Kier molecular flexibility index (Phi) is 5.26. The third-order valence-electron chi connectivity index (χ3n) is 5.86. The van der Waals surface area contributed by atoms with Gasteiger partial charge in [0.15, 0.2) is 17.3 Å². The van der Waals surface area contributed by atoms with E-state index < -0.39 is 54.2 Å². The van der Waals surface area contributed by atoms with Gasteiger partial charge < -0.3 is 54.4 Å². The van der Waals surface area contributed by atoms with E-state index >= 15 is 0 Å². The van der Waals surface area contributed by atoms with Gasteiger partial charge in [0.1, 0.15) is 53.5 Å². The van der Waals surface area contributed by atoms with Gasteiger partial charge in [-0.15, -0.1) is 0 Å². The summed E-state index contributed by atoms with van der Waals surface area (Å²) < 4.78 is 22.0. The minimum Gasteiger partial charge on any atom is -0.508 e. The molecule has 2 aliphatic rings. The number of phenolic OH excluding ortho intramolecular Hbond substituents is 3. The highest BCUT2D eigenvalue weighted by atomic mass is 16.7. The summed E-state index contributed by atoms with van der Waals surface area (Å²) in [5, 5.41) is 69.7. The maximum Gasteiger partial charge on any atom is 0.239 e. The highest BCUT2D eigenvalue weighted by molar-refractivity contribution is 5.89. The summed E-state index contributed by atoms with van der Waals surface area (Å²) >= 11 is 0. The van der Waals surface area contributed by atoms with Gasteiger partial charge in [-0.05, 0) is 12.1 Å². The first-order valence-corrected chi connectivity index (χ1v) is 10.2. The molecule has 3 heterocycles. The number of hydrogen-bond acceptors (Lipinski definition) is 12. The van der Waals surface area contributed by atoms with E-state index in [0.717, 1.165) is 12.1 Å². The van der Waals surface area contributed by atoms with Crippen LogP contribution in [0.3, 0.4) is 0 Å². The summed E-state index contributed by atoms with van der Waals surface area (Å²) in [5.74, 6) is -1.64. The van der Waals surface area contributed by atoms with E-state index in [-0.39, 0.29) is 51.7 Å². The van der Waals surface area contributed by atoms with Crippen molar-refractivity contribution in [2.24, 2.45) is 0 Å². The molecule has 1 fully saturated rings. The molecule has 0 radical (unpaired) electrons. The molecule has 2 aliphatic heterocycles. The Labute approximate surface area is 190 Å². The summed E-state index contributed by atoms with van der Waals surface area (Å²) in [5.41, 5.74) is -0.317. The van der Waals surface area contributed by atoms with Crippen molar-refractivity contribution in [3.63, 3.8) is 0 Å². The Bertz CT molecular complexity index is 1330. The van der Waals surface area contributed by atoms with Crippen LogP contribution in [0.1, 0.15) is 5.56 Å². The normalized spacial score (nSPS) is 25.9. The van der Waals surface area contributed by atoms with Crippen molar-refractivity contribution in [1.82, 2.24) is 0 Å². The van der Waals surface area contributed by atoms with Crippen molar-refractivity contribution < 1.29 is 54.4 Å². The van der Waals surface area contributed by atoms with Crippen LogP contribution in [0.2, 0.25) is 0 Å². The number of aliphatic hydroxyl groups excluding tert-OH is 4. The average molecular weight is 476 g/mol. The maximum absolute atomic E-state index is 12.9. The second-order valence-electron chi connectivity index (χ2n) is 7.97. The number of rotatable bonds is 3. The molecule has 0 unspecified atom stereocenters. The van der Waals surface area contributed by atoms with Gasteiger partial charge in [0.05, 0.1) is 6.61 Å². The van der Waals surface area contributed by atoms with Crippen molar-refractivity contribution in [3.8, 4) is 40.1 Å². The number of aliphatic hydroxyl groups is 4. The Hall–Kier alpha value is -3.55. The van der Waals surface area contributed by atoms with Gasteiger partial charge in [-0.1, -0.05) is 0 Å². The van der Waals surface area contributed by atoms with Crippen LogP contribution in [0.15, 0.2) is 33.5 Å². The minimum absolute atomic E-state index is 0.0431. The molecular weight excluding hydrogens is 456 g/mol. The molecule has 0 saturated carbocycles. The van der Waals surface area contributed by atoms with Crippen LogP contribution in [-0.2, 0) is 11.3 Å². The van der Waals surface area contributed by atoms with E-state index in [1.165, 1.54) is 12.1 Å². The summed E-state index contributed by atoms with van der Waals surface area (Å²) in [6.45, 7) is -0.918. The summed E-state index contributed by atoms with van der Waals surface area (Å²) in [6, 6.07) is 4.90. The molecule has 2 aromatic carbocycles. The topological polar surface area (TPSA) is 200 Å². The molecule has 0 spiro atoms. The molecule has 0 bridgehead atoms. The first kappa shape index (κ1) is 22.3. The Morgan fingerprint density at radius 1 is 1.03 bits per heavy atom. The van der Waals surface area contributed by atoms with Gasteiger partial charge in [-0.25, -0.2) is 0 Å².